The van der Waals surface area contributed by atoms with Crippen molar-refractivity contribution in [1.29, 1.82) is 0 Å². The molecule has 318 valence electrons. The number of carbonyl (C=O) groups excluding carboxylic acids is 4. The number of ketones is 1. The Morgan fingerprint density at radius 3 is 1.65 bits per heavy atom. The summed E-state index contributed by atoms with van der Waals surface area (Å²) in [5.74, 6) is -1.39. The SMILES string of the molecule is CCCCCCCC/C=C\CCCCCCCC(=O)OC[C@H](COP(=O)(O)OC1C(O)C(O)C(O)[C@@H](O)C1O)OC(=O)CCCCCCCC(=O)/C=C/C=O. The van der Waals surface area contributed by atoms with Gasteiger partial charge < -0.3 is 39.9 Å². The number of aliphatic hydroxyl groups is 5. The normalized spacial score (nSPS) is 23.1. The van der Waals surface area contributed by atoms with Gasteiger partial charge in [-0.05, 0) is 57.1 Å². The quantitative estimate of drug-likeness (QED) is 0.0130. The van der Waals surface area contributed by atoms with Crippen LogP contribution in [0.5, 0.6) is 0 Å². The largest absolute Gasteiger partial charge is 0.472 e. The van der Waals surface area contributed by atoms with E-state index in [0.717, 1.165) is 57.4 Å². The van der Waals surface area contributed by atoms with Gasteiger partial charge in [0.15, 0.2) is 11.9 Å². The summed E-state index contributed by atoms with van der Waals surface area (Å²) in [6, 6.07) is 0. The van der Waals surface area contributed by atoms with Gasteiger partial charge in [-0.25, -0.2) is 4.57 Å². The van der Waals surface area contributed by atoms with E-state index >= 15 is 0 Å². The maximum atomic E-state index is 12.7. The molecule has 0 aromatic heterocycles. The molecule has 1 saturated carbocycles. The van der Waals surface area contributed by atoms with Crippen molar-refractivity contribution in [1.82, 2.24) is 0 Å². The number of hydrogen-bond acceptors (Lipinski definition) is 14. The number of ether oxygens (including phenoxy) is 2. The van der Waals surface area contributed by atoms with Crippen LogP contribution in [0.25, 0.3) is 0 Å². The second kappa shape index (κ2) is 30.8. The maximum absolute atomic E-state index is 12.7. The van der Waals surface area contributed by atoms with Crippen molar-refractivity contribution in [2.24, 2.45) is 0 Å². The highest BCUT2D eigenvalue weighted by Crippen LogP contribution is 2.47. The molecular weight excluding hydrogens is 739 g/mol. The highest BCUT2D eigenvalue weighted by Gasteiger charge is 2.51. The Labute approximate surface area is 326 Å². The molecular formula is C39H67O15P. The lowest BCUT2D eigenvalue weighted by molar-refractivity contribution is -0.220. The number of carbonyl (C=O) groups is 4. The predicted octanol–water partition coefficient (Wildman–Crippen LogP) is 4.85. The lowest BCUT2D eigenvalue weighted by atomic mass is 9.85. The van der Waals surface area contributed by atoms with Crippen LogP contribution < -0.4 is 0 Å². The molecule has 0 radical (unpaired) electrons. The Balaban J connectivity index is 2.53. The van der Waals surface area contributed by atoms with E-state index in [4.69, 9.17) is 18.5 Å². The standard InChI is InChI=1S/C39H67O15P/c1-2-3-4-5-6-7-8-9-10-11-12-13-14-17-20-25-32(42)51-28-31(53-33(43)26-21-18-15-16-19-23-30(41)24-22-27-40)29-52-55(49,50)54-39-37(47)35(45)34(44)36(46)38(39)48/h9-10,22,24,27,31,34-39,44-48H,2-8,11-21,23,25-26,28-29H2,1H3,(H,49,50)/b10-9-,24-22+/t31-,34?,35-,36?,37?,38?,39?/m1/s1. The lowest BCUT2D eigenvalue weighted by Gasteiger charge is -2.41. The first-order chi connectivity index (χ1) is 26.3. The van der Waals surface area contributed by atoms with Crippen LogP contribution in [0.1, 0.15) is 142 Å². The molecule has 0 saturated heterocycles. The molecule has 0 spiro atoms. The average Bonchev–Trinajstić information content (AvgIpc) is 3.16. The molecule has 0 bridgehead atoms. The molecule has 6 unspecified atom stereocenters. The summed E-state index contributed by atoms with van der Waals surface area (Å²) in [6.07, 6.45) is 12.0. The van der Waals surface area contributed by atoms with E-state index in [2.05, 4.69) is 19.1 Å². The average molecular weight is 807 g/mol. The van der Waals surface area contributed by atoms with Crippen molar-refractivity contribution in [2.45, 2.75) is 184 Å². The third-order valence-corrected chi connectivity index (χ3v) is 10.3. The zero-order valence-electron chi connectivity index (χ0n) is 32.5. The Morgan fingerprint density at radius 2 is 1.11 bits per heavy atom. The second-order valence-electron chi connectivity index (χ2n) is 14.1. The molecule has 55 heavy (non-hydrogen) atoms. The number of aldehydes is 1. The predicted molar refractivity (Wildman–Crippen MR) is 204 cm³/mol. The minimum atomic E-state index is -5.16. The molecule has 15 nitrogen and oxygen atoms in total. The van der Waals surface area contributed by atoms with Gasteiger partial charge in [0.1, 0.15) is 49.5 Å². The number of rotatable bonds is 33. The number of allylic oxidation sites excluding steroid dienone is 4. The van der Waals surface area contributed by atoms with Crippen molar-refractivity contribution >= 4 is 31.8 Å². The zero-order chi connectivity index (χ0) is 40.9. The molecule has 8 atom stereocenters. The number of phosphoric acid groups is 1. The van der Waals surface area contributed by atoms with E-state index in [1.54, 1.807) is 0 Å². The first kappa shape index (κ1) is 50.7. The summed E-state index contributed by atoms with van der Waals surface area (Å²) in [5.41, 5.74) is 0. The minimum Gasteiger partial charge on any atom is -0.462 e. The van der Waals surface area contributed by atoms with Crippen molar-refractivity contribution in [3.05, 3.63) is 24.3 Å². The summed E-state index contributed by atoms with van der Waals surface area (Å²) in [7, 11) is -5.16. The second-order valence-corrected chi connectivity index (χ2v) is 15.6. The maximum Gasteiger partial charge on any atom is 0.472 e. The van der Waals surface area contributed by atoms with Crippen LogP contribution in [0.15, 0.2) is 24.3 Å². The van der Waals surface area contributed by atoms with Gasteiger partial charge in [0.05, 0.1) is 6.61 Å². The number of phosphoric ester groups is 1. The molecule has 0 amide bonds. The number of hydrogen-bond donors (Lipinski definition) is 6. The fourth-order valence-electron chi connectivity index (χ4n) is 5.97. The van der Waals surface area contributed by atoms with Gasteiger partial charge >= 0.3 is 19.8 Å². The molecule has 1 aliphatic rings. The molecule has 0 aliphatic heterocycles. The van der Waals surface area contributed by atoms with Crippen molar-refractivity contribution in [3.63, 3.8) is 0 Å². The van der Waals surface area contributed by atoms with Gasteiger partial charge in [-0.3, -0.25) is 28.2 Å². The molecule has 0 heterocycles. The molecule has 6 N–H and O–H groups in total. The fourth-order valence-corrected chi connectivity index (χ4v) is 6.94. The van der Waals surface area contributed by atoms with E-state index in [1.165, 1.54) is 44.6 Å². The van der Waals surface area contributed by atoms with Crippen LogP contribution in [0.4, 0.5) is 0 Å². The van der Waals surface area contributed by atoms with Crippen LogP contribution in [0, 0.1) is 0 Å². The number of esters is 2. The van der Waals surface area contributed by atoms with Crippen LogP contribution in [0.3, 0.4) is 0 Å². The van der Waals surface area contributed by atoms with Crippen LogP contribution >= 0.6 is 7.82 Å². The van der Waals surface area contributed by atoms with Gasteiger partial charge in [0.25, 0.3) is 0 Å². The number of unbranched alkanes of at least 4 members (excludes halogenated alkanes) is 15. The minimum absolute atomic E-state index is 0.0216. The lowest BCUT2D eigenvalue weighted by Crippen LogP contribution is -2.64. The van der Waals surface area contributed by atoms with E-state index in [0.29, 0.717) is 38.4 Å². The molecule has 1 aliphatic carbocycles. The molecule has 16 heteroatoms. The van der Waals surface area contributed by atoms with Gasteiger partial charge in [-0.2, -0.15) is 0 Å². The summed E-state index contributed by atoms with van der Waals surface area (Å²) in [4.78, 5) is 57.3. The van der Waals surface area contributed by atoms with Gasteiger partial charge in [-0.1, -0.05) is 89.7 Å². The molecule has 0 aromatic rings. The third kappa shape index (κ3) is 24.1. The molecule has 1 rings (SSSR count). The third-order valence-electron chi connectivity index (χ3n) is 9.29. The first-order valence-corrected chi connectivity index (χ1v) is 21.5. The van der Waals surface area contributed by atoms with Gasteiger partial charge in [0, 0.05) is 19.3 Å². The number of aliphatic hydroxyl groups excluding tert-OH is 5. The van der Waals surface area contributed by atoms with Gasteiger partial charge in [0.2, 0.25) is 0 Å². The van der Waals surface area contributed by atoms with E-state index in [1.807, 2.05) is 0 Å². The van der Waals surface area contributed by atoms with Gasteiger partial charge in [-0.15, -0.1) is 0 Å². The van der Waals surface area contributed by atoms with Crippen LogP contribution in [-0.4, -0.2) is 110 Å². The van der Waals surface area contributed by atoms with Crippen molar-refractivity contribution < 1.29 is 72.7 Å². The molecule has 1 fully saturated rings. The Bertz CT molecular complexity index is 1160. The van der Waals surface area contributed by atoms with E-state index < -0.39 is 75.7 Å². The highest BCUT2D eigenvalue weighted by molar-refractivity contribution is 7.47. The van der Waals surface area contributed by atoms with Crippen LogP contribution in [-0.2, 0) is 42.3 Å². The Morgan fingerprint density at radius 1 is 0.636 bits per heavy atom. The highest BCUT2D eigenvalue weighted by atomic mass is 31.2. The Kier molecular flexibility index (Phi) is 28.4. The van der Waals surface area contributed by atoms with E-state index in [9.17, 15) is 54.2 Å². The van der Waals surface area contributed by atoms with Crippen molar-refractivity contribution in [3.8, 4) is 0 Å². The van der Waals surface area contributed by atoms with Crippen molar-refractivity contribution in [2.75, 3.05) is 13.2 Å². The molecule has 0 aromatic carbocycles. The zero-order valence-corrected chi connectivity index (χ0v) is 33.4. The van der Waals surface area contributed by atoms with Crippen LogP contribution in [0.2, 0.25) is 0 Å². The summed E-state index contributed by atoms with van der Waals surface area (Å²) >= 11 is 0. The van der Waals surface area contributed by atoms with E-state index in [-0.39, 0.29) is 18.6 Å². The Hall–Kier alpha value is -2.33. The summed E-state index contributed by atoms with van der Waals surface area (Å²) < 4.78 is 33.2. The summed E-state index contributed by atoms with van der Waals surface area (Å²) in [5, 5.41) is 49.9. The fraction of sp³-hybridized carbons (Fsp3) is 0.795. The topological polar surface area (TPSA) is 244 Å². The first-order valence-electron chi connectivity index (χ1n) is 20.0. The smallest absolute Gasteiger partial charge is 0.462 e. The monoisotopic (exact) mass is 806 g/mol. The summed E-state index contributed by atoms with van der Waals surface area (Å²) in [6.45, 7) is 0.927.